The fraction of sp³-hybridized carbons (Fsp3) is 0.300. The second-order valence-corrected chi connectivity index (χ2v) is 9.10. The molecule has 0 aromatic heterocycles. The minimum atomic E-state index is -3.42. The third kappa shape index (κ3) is 4.95. The monoisotopic (exact) mass is 389 g/mol. The fourth-order valence-electron chi connectivity index (χ4n) is 2.70. The van der Waals surface area contributed by atoms with Crippen molar-refractivity contribution in [2.24, 2.45) is 0 Å². The molecule has 1 atom stereocenters. The first-order valence-electron chi connectivity index (χ1n) is 8.55. The minimum Gasteiger partial charge on any atom is -0.481 e. The van der Waals surface area contributed by atoms with Crippen LogP contribution in [0, 0.1) is 6.92 Å². The van der Waals surface area contributed by atoms with E-state index in [1.165, 1.54) is 24.3 Å². The zero-order chi connectivity index (χ0) is 20.2. The van der Waals surface area contributed by atoms with Crippen molar-refractivity contribution in [1.29, 1.82) is 0 Å². The summed E-state index contributed by atoms with van der Waals surface area (Å²) >= 11 is 0. The largest absolute Gasteiger partial charge is 0.481 e. The van der Waals surface area contributed by atoms with Crippen LogP contribution in [-0.2, 0) is 14.6 Å². The van der Waals surface area contributed by atoms with Gasteiger partial charge in [-0.3, -0.25) is 9.59 Å². The molecule has 0 bridgehead atoms. The normalized spacial score (nSPS) is 12.6. The van der Waals surface area contributed by atoms with Crippen molar-refractivity contribution < 1.29 is 23.1 Å². The van der Waals surface area contributed by atoms with Crippen LogP contribution in [0.25, 0.3) is 0 Å². The summed E-state index contributed by atoms with van der Waals surface area (Å²) in [5.41, 5.74) is 1.87. The molecule has 2 aromatic rings. The summed E-state index contributed by atoms with van der Waals surface area (Å²) in [5.74, 6) is -1.49. The lowest BCUT2D eigenvalue weighted by atomic mass is 9.98. The molecule has 0 saturated carbocycles. The average molecular weight is 389 g/mol. The number of carboxylic acids is 1. The van der Waals surface area contributed by atoms with Crippen molar-refractivity contribution in [3.05, 3.63) is 65.2 Å². The summed E-state index contributed by atoms with van der Waals surface area (Å²) in [6.45, 7) is 5.03. The Labute approximate surface area is 159 Å². The molecular weight excluding hydrogens is 366 g/mol. The van der Waals surface area contributed by atoms with Gasteiger partial charge >= 0.3 is 5.97 Å². The molecular formula is C20H23NO5S. The number of benzene rings is 2. The van der Waals surface area contributed by atoms with Gasteiger partial charge in [-0.05, 0) is 56.2 Å². The van der Waals surface area contributed by atoms with Gasteiger partial charge in [0.1, 0.15) is 0 Å². The number of hydrogen-bond donors (Lipinski definition) is 2. The van der Waals surface area contributed by atoms with Crippen LogP contribution in [0.5, 0.6) is 0 Å². The fourth-order valence-corrected chi connectivity index (χ4v) is 3.76. The van der Waals surface area contributed by atoms with Crippen molar-refractivity contribution in [1.82, 2.24) is 5.32 Å². The summed E-state index contributed by atoms with van der Waals surface area (Å²) in [4.78, 5) is 23.9. The number of hydrogen-bond acceptors (Lipinski definition) is 4. The first-order valence-corrected chi connectivity index (χ1v) is 10.1. The summed E-state index contributed by atoms with van der Waals surface area (Å²) in [5, 5.41) is 11.4. The van der Waals surface area contributed by atoms with Gasteiger partial charge in [-0.2, -0.15) is 0 Å². The van der Waals surface area contributed by atoms with Gasteiger partial charge in [0.05, 0.1) is 22.6 Å². The highest BCUT2D eigenvalue weighted by Gasteiger charge is 2.22. The Morgan fingerprint density at radius 2 is 1.63 bits per heavy atom. The quantitative estimate of drug-likeness (QED) is 0.758. The zero-order valence-corrected chi connectivity index (χ0v) is 16.3. The Morgan fingerprint density at radius 3 is 2.15 bits per heavy atom. The van der Waals surface area contributed by atoms with Gasteiger partial charge < -0.3 is 10.4 Å². The van der Waals surface area contributed by atoms with Gasteiger partial charge in [-0.25, -0.2) is 8.42 Å². The number of carbonyl (C=O) groups excluding carboxylic acids is 1. The molecule has 1 unspecified atom stereocenters. The van der Waals surface area contributed by atoms with Crippen LogP contribution in [0.2, 0.25) is 0 Å². The van der Waals surface area contributed by atoms with E-state index in [4.69, 9.17) is 0 Å². The predicted octanol–water partition coefficient (Wildman–Crippen LogP) is 3.12. The molecule has 0 aliphatic rings. The molecule has 1 amide bonds. The molecule has 0 heterocycles. The third-order valence-corrected chi connectivity index (χ3v) is 6.48. The number of carboxylic acid groups (broad SMARTS) is 1. The van der Waals surface area contributed by atoms with Crippen molar-refractivity contribution in [2.75, 3.05) is 0 Å². The average Bonchev–Trinajstić information content (AvgIpc) is 2.61. The Kier molecular flexibility index (Phi) is 6.38. The maximum atomic E-state index is 12.6. The van der Waals surface area contributed by atoms with Crippen LogP contribution in [0.1, 0.15) is 47.8 Å². The van der Waals surface area contributed by atoms with E-state index in [2.05, 4.69) is 5.32 Å². The van der Waals surface area contributed by atoms with Crippen molar-refractivity contribution >= 4 is 21.7 Å². The van der Waals surface area contributed by atoms with Crippen LogP contribution >= 0.6 is 0 Å². The molecule has 6 nitrogen and oxygen atoms in total. The maximum Gasteiger partial charge on any atom is 0.305 e. The molecule has 0 saturated heterocycles. The molecule has 27 heavy (non-hydrogen) atoms. The third-order valence-electron chi connectivity index (χ3n) is 4.31. The van der Waals surface area contributed by atoms with E-state index in [-0.39, 0.29) is 16.9 Å². The second kappa shape index (κ2) is 8.35. The van der Waals surface area contributed by atoms with Crippen LogP contribution in [0.3, 0.4) is 0 Å². The highest BCUT2D eigenvalue weighted by molar-refractivity contribution is 7.92. The first-order chi connectivity index (χ1) is 12.6. The number of carbonyl (C=O) groups is 2. The number of sulfone groups is 1. The maximum absolute atomic E-state index is 12.6. The number of aliphatic carboxylic acids is 1. The molecule has 0 radical (unpaired) electrons. The van der Waals surface area contributed by atoms with Crippen LogP contribution < -0.4 is 5.32 Å². The van der Waals surface area contributed by atoms with Crippen molar-refractivity contribution in [3.63, 3.8) is 0 Å². The highest BCUT2D eigenvalue weighted by atomic mass is 32.2. The Morgan fingerprint density at radius 1 is 1.04 bits per heavy atom. The SMILES string of the molecule is Cc1ccccc1C(CC(=O)O)NC(=O)c1ccc(S(=O)(=O)C(C)C)cc1. The Bertz CT molecular complexity index is 933. The van der Waals surface area contributed by atoms with E-state index in [0.717, 1.165) is 11.1 Å². The molecule has 0 spiro atoms. The van der Waals surface area contributed by atoms with Gasteiger partial charge in [-0.15, -0.1) is 0 Å². The number of nitrogens with one attached hydrogen (secondary N) is 1. The summed E-state index contributed by atoms with van der Waals surface area (Å²) < 4.78 is 24.3. The highest BCUT2D eigenvalue weighted by Crippen LogP contribution is 2.22. The van der Waals surface area contributed by atoms with Gasteiger partial charge in [0, 0.05) is 5.56 Å². The van der Waals surface area contributed by atoms with Gasteiger partial charge in [0.25, 0.3) is 5.91 Å². The molecule has 2 N–H and O–H groups in total. The van der Waals surface area contributed by atoms with E-state index in [0.29, 0.717) is 0 Å². The lowest BCUT2D eigenvalue weighted by molar-refractivity contribution is -0.137. The lowest BCUT2D eigenvalue weighted by Crippen LogP contribution is -2.30. The summed E-state index contributed by atoms with van der Waals surface area (Å²) in [7, 11) is -3.42. The zero-order valence-electron chi connectivity index (χ0n) is 15.5. The van der Waals surface area contributed by atoms with E-state index in [1.807, 2.05) is 19.1 Å². The minimum absolute atomic E-state index is 0.148. The molecule has 7 heteroatoms. The molecule has 144 valence electrons. The van der Waals surface area contributed by atoms with Crippen LogP contribution in [0.4, 0.5) is 0 Å². The van der Waals surface area contributed by atoms with Crippen molar-refractivity contribution in [2.45, 2.75) is 43.4 Å². The summed E-state index contributed by atoms with van der Waals surface area (Å²) in [6, 6.07) is 12.2. The summed E-state index contributed by atoms with van der Waals surface area (Å²) in [6.07, 6.45) is -0.254. The van der Waals surface area contributed by atoms with Gasteiger partial charge in [0.2, 0.25) is 0 Å². The smallest absolute Gasteiger partial charge is 0.305 e. The second-order valence-electron chi connectivity index (χ2n) is 6.60. The number of amides is 1. The van der Waals surface area contributed by atoms with Crippen LogP contribution in [-0.4, -0.2) is 30.7 Å². The Hall–Kier alpha value is -2.67. The van der Waals surface area contributed by atoms with Crippen molar-refractivity contribution in [3.8, 4) is 0 Å². The molecule has 2 rings (SSSR count). The van der Waals surface area contributed by atoms with Gasteiger partial charge in [0.15, 0.2) is 9.84 Å². The standard InChI is InChI=1S/C20H23NO5S/c1-13(2)27(25,26)16-10-8-15(9-11-16)20(24)21-18(12-19(22)23)17-7-5-4-6-14(17)3/h4-11,13,18H,12H2,1-3H3,(H,21,24)(H,22,23). The number of aryl methyl sites for hydroxylation is 1. The van der Waals surface area contributed by atoms with E-state index >= 15 is 0 Å². The first kappa shape index (κ1) is 20.6. The van der Waals surface area contributed by atoms with E-state index in [1.54, 1.807) is 26.0 Å². The Balaban J connectivity index is 2.25. The molecule has 0 aliphatic heterocycles. The molecule has 0 fully saturated rings. The number of rotatable bonds is 7. The predicted molar refractivity (Wildman–Crippen MR) is 102 cm³/mol. The van der Waals surface area contributed by atoms with E-state index < -0.39 is 33.0 Å². The lowest BCUT2D eigenvalue weighted by Gasteiger charge is -2.19. The molecule has 2 aromatic carbocycles. The van der Waals surface area contributed by atoms with Gasteiger partial charge in [-0.1, -0.05) is 24.3 Å². The topological polar surface area (TPSA) is 101 Å². The molecule has 0 aliphatic carbocycles. The van der Waals surface area contributed by atoms with Crippen LogP contribution in [0.15, 0.2) is 53.4 Å². The van der Waals surface area contributed by atoms with E-state index in [9.17, 15) is 23.1 Å².